The summed E-state index contributed by atoms with van der Waals surface area (Å²) in [6, 6.07) is 12.3. The highest BCUT2D eigenvalue weighted by molar-refractivity contribution is 5.15. The Bertz CT molecular complexity index is 687. The Hall–Kier alpha value is -2.40. The van der Waals surface area contributed by atoms with Crippen molar-refractivity contribution in [2.45, 2.75) is 26.6 Å². The van der Waals surface area contributed by atoms with Crippen LogP contribution in [0.4, 0.5) is 0 Å². The Labute approximate surface area is 123 Å². The summed E-state index contributed by atoms with van der Waals surface area (Å²) in [6.45, 7) is 4.15. The van der Waals surface area contributed by atoms with E-state index in [1.807, 2.05) is 42.1 Å². The molecule has 0 spiro atoms. The molecule has 0 aliphatic heterocycles. The lowest BCUT2D eigenvalue weighted by Gasteiger charge is -2.01. The molecule has 0 atom stereocenters. The molecule has 0 fully saturated rings. The second-order valence-electron chi connectivity index (χ2n) is 5.06. The van der Waals surface area contributed by atoms with Crippen LogP contribution < -0.4 is 5.32 Å². The summed E-state index contributed by atoms with van der Waals surface area (Å²) >= 11 is 0. The lowest BCUT2D eigenvalue weighted by molar-refractivity contribution is 0.388. The Morgan fingerprint density at radius 2 is 2.00 bits per heavy atom. The molecule has 0 saturated heterocycles. The lowest BCUT2D eigenvalue weighted by atomic mass is 10.2. The molecule has 0 amide bonds. The molecular weight excluding hydrogens is 264 g/mol. The van der Waals surface area contributed by atoms with E-state index in [0.717, 1.165) is 30.1 Å². The van der Waals surface area contributed by atoms with E-state index in [0.29, 0.717) is 6.54 Å². The standard InChI is InChI=1S/C16H18N4O/c1-13-7-16(19-21-13)10-17-8-15-9-18-20(12-15)11-14-5-3-2-4-6-14/h2-7,9,12,17H,8,10-11H2,1H3. The van der Waals surface area contributed by atoms with Crippen molar-refractivity contribution >= 4 is 0 Å². The van der Waals surface area contributed by atoms with Crippen LogP contribution in [0.5, 0.6) is 0 Å². The van der Waals surface area contributed by atoms with E-state index in [1.54, 1.807) is 0 Å². The summed E-state index contributed by atoms with van der Waals surface area (Å²) in [4.78, 5) is 0. The van der Waals surface area contributed by atoms with Crippen molar-refractivity contribution < 1.29 is 4.52 Å². The van der Waals surface area contributed by atoms with E-state index in [4.69, 9.17) is 4.52 Å². The minimum Gasteiger partial charge on any atom is -0.361 e. The van der Waals surface area contributed by atoms with E-state index in [-0.39, 0.29) is 0 Å². The minimum atomic E-state index is 0.696. The lowest BCUT2D eigenvalue weighted by Crippen LogP contribution is -2.12. The summed E-state index contributed by atoms with van der Waals surface area (Å²) < 4.78 is 6.98. The van der Waals surface area contributed by atoms with Crippen LogP contribution in [0.2, 0.25) is 0 Å². The number of hydrogen-bond acceptors (Lipinski definition) is 4. The van der Waals surface area contributed by atoms with E-state index in [1.165, 1.54) is 5.56 Å². The Morgan fingerprint density at radius 1 is 1.14 bits per heavy atom. The third-order valence-corrected chi connectivity index (χ3v) is 3.19. The number of rotatable bonds is 6. The number of nitrogens with one attached hydrogen (secondary N) is 1. The maximum Gasteiger partial charge on any atom is 0.133 e. The summed E-state index contributed by atoms with van der Waals surface area (Å²) in [5.41, 5.74) is 3.33. The van der Waals surface area contributed by atoms with Crippen molar-refractivity contribution in [1.29, 1.82) is 0 Å². The Morgan fingerprint density at radius 3 is 2.76 bits per heavy atom. The van der Waals surface area contributed by atoms with Gasteiger partial charge in [0.2, 0.25) is 0 Å². The maximum absolute atomic E-state index is 5.03. The van der Waals surface area contributed by atoms with Crippen molar-refractivity contribution in [3.63, 3.8) is 0 Å². The summed E-state index contributed by atoms with van der Waals surface area (Å²) in [5.74, 6) is 0.836. The molecular formula is C16H18N4O. The van der Waals surface area contributed by atoms with Crippen LogP contribution in [0.15, 0.2) is 53.3 Å². The molecule has 1 N–H and O–H groups in total. The third-order valence-electron chi connectivity index (χ3n) is 3.19. The second-order valence-corrected chi connectivity index (χ2v) is 5.06. The number of aromatic nitrogens is 3. The molecule has 2 aromatic heterocycles. The van der Waals surface area contributed by atoms with Gasteiger partial charge in [-0.3, -0.25) is 4.68 Å². The number of aryl methyl sites for hydroxylation is 1. The van der Waals surface area contributed by atoms with E-state index >= 15 is 0 Å². The van der Waals surface area contributed by atoms with Gasteiger partial charge in [0, 0.05) is 30.9 Å². The predicted octanol–water partition coefficient (Wildman–Crippen LogP) is 2.52. The fourth-order valence-corrected chi connectivity index (χ4v) is 2.19. The van der Waals surface area contributed by atoms with Crippen LogP contribution in [-0.4, -0.2) is 14.9 Å². The third kappa shape index (κ3) is 3.79. The molecule has 5 nitrogen and oxygen atoms in total. The van der Waals surface area contributed by atoms with E-state index < -0.39 is 0 Å². The van der Waals surface area contributed by atoms with Gasteiger partial charge in [-0.2, -0.15) is 5.10 Å². The molecule has 3 aromatic rings. The average molecular weight is 282 g/mol. The molecule has 0 aliphatic carbocycles. The minimum absolute atomic E-state index is 0.696. The van der Waals surface area contributed by atoms with Gasteiger partial charge in [-0.15, -0.1) is 0 Å². The quantitative estimate of drug-likeness (QED) is 0.755. The van der Waals surface area contributed by atoms with Crippen LogP contribution in [0.3, 0.4) is 0 Å². The van der Waals surface area contributed by atoms with Gasteiger partial charge in [0.15, 0.2) is 0 Å². The van der Waals surface area contributed by atoms with Crippen LogP contribution in [0.1, 0.15) is 22.6 Å². The van der Waals surface area contributed by atoms with Gasteiger partial charge >= 0.3 is 0 Å². The molecule has 0 aliphatic rings. The summed E-state index contributed by atoms with van der Waals surface area (Å²) in [6.07, 6.45) is 3.96. The predicted molar refractivity (Wildman–Crippen MR) is 79.6 cm³/mol. The molecule has 0 saturated carbocycles. The summed E-state index contributed by atoms with van der Waals surface area (Å²) in [7, 11) is 0. The van der Waals surface area contributed by atoms with Crippen molar-refractivity contribution in [2.24, 2.45) is 0 Å². The van der Waals surface area contributed by atoms with Crippen LogP contribution in [0.25, 0.3) is 0 Å². The summed E-state index contributed by atoms with van der Waals surface area (Å²) in [5, 5.41) is 11.7. The number of benzene rings is 1. The van der Waals surface area contributed by atoms with Crippen LogP contribution in [0, 0.1) is 6.92 Å². The number of hydrogen-bond donors (Lipinski definition) is 1. The van der Waals surface area contributed by atoms with Gasteiger partial charge in [0.05, 0.1) is 18.4 Å². The topological polar surface area (TPSA) is 55.9 Å². The van der Waals surface area contributed by atoms with Crippen molar-refractivity contribution in [3.05, 3.63) is 71.4 Å². The highest BCUT2D eigenvalue weighted by atomic mass is 16.5. The van der Waals surface area contributed by atoms with Crippen molar-refractivity contribution in [2.75, 3.05) is 0 Å². The van der Waals surface area contributed by atoms with Gasteiger partial charge in [-0.25, -0.2) is 0 Å². The fraction of sp³-hybridized carbons (Fsp3) is 0.250. The van der Waals surface area contributed by atoms with Crippen LogP contribution in [-0.2, 0) is 19.6 Å². The molecule has 108 valence electrons. The molecule has 1 aromatic carbocycles. The van der Waals surface area contributed by atoms with E-state index in [2.05, 4.69) is 33.9 Å². The highest BCUT2D eigenvalue weighted by Gasteiger charge is 2.02. The van der Waals surface area contributed by atoms with E-state index in [9.17, 15) is 0 Å². The SMILES string of the molecule is Cc1cc(CNCc2cnn(Cc3ccccc3)c2)no1. The first-order valence-corrected chi connectivity index (χ1v) is 6.98. The van der Waals surface area contributed by atoms with Gasteiger partial charge < -0.3 is 9.84 Å². The zero-order valence-electron chi connectivity index (χ0n) is 12.0. The monoisotopic (exact) mass is 282 g/mol. The maximum atomic E-state index is 5.03. The second kappa shape index (κ2) is 6.37. The molecule has 0 unspecified atom stereocenters. The fourth-order valence-electron chi connectivity index (χ4n) is 2.19. The highest BCUT2D eigenvalue weighted by Crippen LogP contribution is 2.05. The van der Waals surface area contributed by atoms with Gasteiger partial charge in [0.25, 0.3) is 0 Å². The molecule has 0 bridgehead atoms. The van der Waals surface area contributed by atoms with Gasteiger partial charge in [0.1, 0.15) is 5.76 Å². The first-order chi connectivity index (χ1) is 10.3. The zero-order chi connectivity index (χ0) is 14.5. The van der Waals surface area contributed by atoms with Gasteiger partial charge in [-0.1, -0.05) is 35.5 Å². The molecule has 5 heteroatoms. The molecule has 0 radical (unpaired) electrons. The van der Waals surface area contributed by atoms with Gasteiger partial charge in [-0.05, 0) is 12.5 Å². The zero-order valence-corrected chi connectivity index (χ0v) is 12.0. The molecule has 21 heavy (non-hydrogen) atoms. The van der Waals surface area contributed by atoms with Crippen LogP contribution >= 0.6 is 0 Å². The molecule has 2 heterocycles. The first-order valence-electron chi connectivity index (χ1n) is 6.98. The smallest absolute Gasteiger partial charge is 0.133 e. The van der Waals surface area contributed by atoms with Crippen molar-refractivity contribution in [1.82, 2.24) is 20.3 Å². The Kier molecular flexibility index (Phi) is 4.12. The average Bonchev–Trinajstić information content (AvgIpc) is 3.10. The first kappa shape index (κ1) is 13.6. The largest absolute Gasteiger partial charge is 0.361 e. The Balaban J connectivity index is 1.51. The number of nitrogens with zero attached hydrogens (tertiary/aromatic N) is 3. The van der Waals surface area contributed by atoms with Crippen molar-refractivity contribution in [3.8, 4) is 0 Å². The molecule has 3 rings (SSSR count). The normalized spacial score (nSPS) is 10.9.